The van der Waals surface area contributed by atoms with Gasteiger partial charge >= 0.3 is 0 Å². The first-order valence-electron chi connectivity index (χ1n) is 8.12. The minimum absolute atomic E-state index is 0.147. The summed E-state index contributed by atoms with van der Waals surface area (Å²) >= 11 is 0. The molecule has 0 saturated carbocycles. The van der Waals surface area contributed by atoms with Crippen molar-refractivity contribution in [2.45, 2.75) is 26.8 Å². The summed E-state index contributed by atoms with van der Waals surface area (Å²) in [5.41, 5.74) is 8.90. The maximum absolute atomic E-state index is 11.9. The number of fused-ring (bicyclic) bond motifs is 1. The number of hydrogen-bond donors (Lipinski definition) is 3. The van der Waals surface area contributed by atoms with E-state index in [1.54, 1.807) is 25.4 Å². The van der Waals surface area contributed by atoms with Gasteiger partial charge in [0.2, 0.25) is 5.95 Å². The van der Waals surface area contributed by atoms with Crippen molar-refractivity contribution in [1.29, 1.82) is 0 Å². The second-order valence-electron chi connectivity index (χ2n) is 5.77. The lowest BCUT2D eigenvalue weighted by atomic mass is 10.1. The van der Waals surface area contributed by atoms with Crippen molar-refractivity contribution in [2.75, 3.05) is 18.1 Å². The Bertz CT molecular complexity index is 932. The van der Waals surface area contributed by atoms with Gasteiger partial charge in [-0.15, -0.1) is 0 Å². The predicted octanol–water partition coefficient (Wildman–Crippen LogP) is 2.23. The number of nitrogens with zero attached hydrogens (tertiary/aromatic N) is 4. The van der Waals surface area contributed by atoms with Crippen molar-refractivity contribution in [3.63, 3.8) is 0 Å². The Labute approximate surface area is 145 Å². The molecule has 0 aliphatic rings. The minimum atomic E-state index is -0.147. The summed E-state index contributed by atoms with van der Waals surface area (Å²) < 4.78 is 1.81. The molecule has 0 aliphatic heterocycles. The van der Waals surface area contributed by atoms with E-state index in [4.69, 9.17) is 5.73 Å². The lowest BCUT2D eigenvalue weighted by Gasteiger charge is -2.12. The third-order valence-electron chi connectivity index (χ3n) is 3.93. The molecule has 3 aromatic rings. The van der Waals surface area contributed by atoms with Crippen molar-refractivity contribution in [3.8, 4) is 0 Å². The monoisotopic (exact) mass is 339 g/mol. The molecule has 1 amide bonds. The minimum Gasteiger partial charge on any atom is -0.368 e. The van der Waals surface area contributed by atoms with Crippen molar-refractivity contribution in [1.82, 2.24) is 25.1 Å². The summed E-state index contributed by atoms with van der Waals surface area (Å²) in [5.74, 6) is 0.598. The number of anilines is 3. The second kappa shape index (κ2) is 6.76. The van der Waals surface area contributed by atoms with Crippen LogP contribution in [0.1, 0.15) is 29.3 Å². The van der Waals surface area contributed by atoms with E-state index in [1.165, 1.54) is 0 Å². The van der Waals surface area contributed by atoms with Gasteiger partial charge in [-0.2, -0.15) is 15.1 Å². The normalized spacial score (nSPS) is 10.8. The lowest BCUT2D eigenvalue weighted by molar-refractivity contribution is 0.0963. The number of rotatable bonds is 5. The molecular weight excluding hydrogens is 318 g/mol. The second-order valence-corrected chi connectivity index (χ2v) is 5.77. The van der Waals surface area contributed by atoms with E-state index in [0.29, 0.717) is 17.0 Å². The highest BCUT2D eigenvalue weighted by molar-refractivity contribution is 5.96. The summed E-state index contributed by atoms with van der Waals surface area (Å²) in [5, 5.41) is 11.0. The largest absolute Gasteiger partial charge is 0.368 e. The molecule has 0 saturated heterocycles. The molecule has 0 radical (unpaired) electrons. The number of nitrogens with two attached hydrogens (primary N) is 1. The molecule has 4 N–H and O–H groups in total. The molecule has 2 aromatic heterocycles. The highest BCUT2D eigenvalue weighted by Gasteiger charge is 2.13. The Morgan fingerprint density at radius 2 is 2.12 bits per heavy atom. The Kier molecular flexibility index (Phi) is 4.51. The van der Waals surface area contributed by atoms with Gasteiger partial charge in [-0.1, -0.05) is 13.0 Å². The quantitative estimate of drug-likeness (QED) is 0.657. The number of aryl methyl sites for hydroxylation is 2. The van der Waals surface area contributed by atoms with E-state index in [-0.39, 0.29) is 11.9 Å². The van der Waals surface area contributed by atoms with Gasteiger partial charge in [-0.25, -0.2) is 4.68 Å². The summed E-state index contributed by atoms with van der Waals surface area (Å²) in [6.45, 7) is 4.79. The summed E-state index contributed by atoms with van der Waals surface area (Å²) in [6.07, 6.45) is 2.67. The Morgan fingerprint density at radius 1 is 1.32 bits per heavy atom. The van der Waals surface area contributed by atoms with E-state index < -0.39 is 0 Å². The molecule has 2 heterocycles. The number of hydrogen-bond acceptors (Lipinski definition) is 6. The van der Waals surface area contributed by atoms with Crippen LogP contribution in [0.3, 0.4) is 0 Å². The first-order chi connectivity index (χ1) is 12.0. The fraction of sp³-hybridized carbons (Fsp3) is 0.294. The molecule has 0 aliphatic carbocycles. The van der Waals surface area contributed by atoms with Gasteiger partial charge in [0, 0.05) is 24.8 Å². The van der Waals surface area contributed by atoms with E-state index in [0.717, 1.165) is 29.6 Å². The summed E-state index contributed by atoms with van der Waals surface area (Å²) in [6, 6.07) is 5.45. The molecule has 0 fully saturated rings. The third-order valence-corrected chi connectivity index (χ3v) is 3.93. The zero-order valence-corrected chi connectivity index (χ0v) is 14.5. The van der Waals surface area contributed by atoms with Crippen LogP contribution in [0.5, 0.6) is 0 Å². The SMILES string of the molecule is CCCn1ncc2c(Nc3cc(C(=O)NC)ccc3C)nc(N)nc21. The van der Waals surface area contributed by atoms with E-state index >= 15 is 0 Å². The predicted molar refractivity (Wildman–Crippen MR) is 97.9 cm³/mol. The van der Waals surface area contributed by atoms with E-state index in [1.807, 2.05) is 17.7 Å². The van der Waals surface area contributed by atoms with Crippen LogP contribution in [0.2, 0.25) is 0 Å². The van der Waals surface area contributed by atoms with Crippen LogP contribution in [0.15, 0.2) is 24.4 Å². The first kappa shape index (κ1) is 16.7. The smallest absolute Gasteiger partial charge is 0.251 e. The molecule has 8 heteroatoms. The fourth-order valence-electron chi connectivity index (χ4n) is 2.61. The number of nitrogens with one attached hydrogen (secondary N) is 2. The van der Waals surface area contributed by atoms with Gasteiger partial charge in [-0.3, -0.25) is 4.79 Å². The third kappa shape index (κ3) is 3.23. The molecule has 8 nitrogen and oxygen atoms in total. The standard InChI is InChI=1S/C17H21N7O/c1-4-7-24-15-12(9-20-24)14(22-17(18)23-15)21-13-8-11(16(25)19-3)6-5-10(13)2/h5-6,8-9H,4,7H2,1-3H3,(H,19,25)(H3,18,21,22,23). The van der Waals surface area contributed by atoms with Crippen molar-refractivity contribution < 1.29 is 4.79 Å². The number of amides is 1. The van der Waals surface area contributed by atoms with Gasteiger partial charge in [0.15, 0.2) is 5.65 Å². The molecule has 0 spiro atoms. The molecular formula is C17H21N7O. The average molecular weight is 339 g/mol. The molecule has 130 valence electrons. The molecule has 0 bridgehead atoms. The highest BCUT2D eigenvalue weighted by Crippen LogP contribution is 2.27. The van der Waals surface area contributed by atoms with Crippen molar-refractivity contribution >= 4 is 34.4 Å². The van der Waals surface area contributed by atoms with Crippen LogP contribution in [0.25, 0.3) is 11.0 Å². The maximum Gasteiger partial charge on any atom is 0.251 e. The molecule has 0 atom stereocenters. The van der Waals surface area contributed by atoms with Crippen LogP contribution in [0.4, 0.5) is 17.5 Å². The van der Waals surface area contributed by atoms with Crippen LogP contribution in [0, 0.1) is 6.92 Å². The van der Waals surface area contributed by atoms with Gasteiger partial charge < -0.3 is 16.4 Å². The number of benzene rings is 1. The summed E-state index contributed by atoms with van der Waals surface area (Å²) in [7, 11) is 1.60. The van der Waals surface area contributed by atoms with Gasteiger partial charge in [0.05, 0.1) is 11.6 Å². The van der Waals surface area contributed by atoms with E-state index in [2.05, 4.69) is 32.6 Å². The Morgan fingerprint density at radius 3 is 2.84 bits per heavy atom. The number of aromatic nitrogens is 4. The zero-order valence-electron chi connectivity index (χ0n) is 14.5. The molecule has 1 aromatic carbocycles. The van der Waals surface area contributed by atoms with Crippen molar-refractivity contribution in [3.05, 3.63) is 35.5 Å². The van der Waals surface area contributed by atoms with Gasteiger partial charge in [0.1, 0.15) is 5.82 Å². The maximum atomic E-state index is 11.9. The van der Waals surface area contributed by atoms with Crippen LogP contribution >= 0.6 is 0 Å². The highest BCUT2D eigenvalue weighted by atomic mass is 16.1. The van der Waals surface area contributed by atoms with Crippen LogP contribution < -0.4 is 16.4 Å². The molecule has 0 unspecified atom stereocenters. The zero-order chi connectivity index (χ0) is 18.0. The number of carbonyl (C=O) groups is 1. The van der Waals surface area contributed by atoms with Gasteiger partial charge in [0.25, 0.3) is 5.91 Å². The number of carbonyl (C=O) groups excluding carboxylic acids is 1. The van der Waals surface area contributed by atoms with Gasteiger partial charge in [-0.05, 0) is 31.0 Å². The van der Waals surface area contributed by atoms with E-state index in [9.17, 15) is 4.79 Å². The van der Waals surface area contributed by atoms with Crippen LogP contribution in [-0.2, 0) is 6.54 Å². The Balaban J connectivity index is 2.05. The topological polar surface area (TPSA) is 111 Å². The van der Waals surface area contributed by atoms with Crippen LogP contribution in [-0.4, -0.2) is 32.7 Å². The number of nitrogen functional groups attached to an aromatic ring is 1. The van der Waals surface area contributed by atoms with Crippen molar-refractivity contribution in [2.24, 2.45) is 0 Å². The lowest BCUT2D eigenvalue weighted by Crippen LogP contribution is -2.17. The molecule has 3 rings (SSSR count). The summed E-state index contributed by atoms with van der Waals surface area (Å²) in [4.78, 5) is 20.5. The Hall–Kier alpha value is -3.16. The fourth-order valence-corrected chi connectivity index (χ4v) is 2.61. The first-order valence-corrected chi connectivity index (χ1v) is 8.12. The average Bonchev–Trinajstić information content (AvgIpc) is 2.99. The molecule has 25 heavy (non-hydrogen) atoms.